The lowest BCUT2D eigenvalue weighted by Crippen LogP contribution is -2.47. The molecule has 0 aliphatic carbocycles. The molecule has 2 aliphatic rings. The largest absolute Gasteiger partial charge is 0.469 e. The maximum absolute atomic E-state index is 14.2. The first kappa shape index (κ1) is 9.90. The molecule has 0 radical (unpaired) electrons. The van der Waals surface area contributed by atoms with Crippen LogP contribution in [0.5, 0.6) is 0 Å². The van der Waals surface area contributed by atoms with Gasteiger partial charge in [0, 0.05) is 12.1 Å². The number of piperidine rings is 1. The number of carbonyl (C=O) groups excluding carboxylic acids is 1. The van der Waals surface area contributed by atoms with Crippen molar-refractivity contribution >= 4 is 5.97 Å². The Balaban J connectivity index is 1.98. The minimum atomic E-state index is -1.33. The normalized spacial score (nSPS) is 41.0. The Morgan fingerprint density at radius 3 is 2.57 bits per heavy atom. The van der Waals surface area contributed by atoms with E-state index in [1.807, 2.05) is 0 Å². The molecule has 2 atom stereocenters. The summed E-state index contributed by atoms with van der Waals surface area (Å²) in [7, 11) is 1.31. The molecule has 2 unspecified atom stereocenters. The average Bonchev–Trinajstić information content (AvgIpc) is 2.45. The molecule has 2 rings (SSSR count). The van der Waals surface area contributed by atoms with Crippen molar-refractivity contribution in [3.05, 3.63) is 0 Å². The van der Waals surface area contributed by atoms with Crippen LogP contribution in [0.3, 0.4) is 0 Å². The van der Waals surface area contributed by atoms with Crippen molar-refractivity contribution in [3.8, 4) is 0 Å². The van der Waals surface area contributed by atoms with Gasteiger partial charge in [0.1, 0.15) is 5.67 Å². The van der Waals surface area contributed by atoms with Crippen LogP contribution in [0.2, 0.25) is 0 Å². The standard InChI is InChI=1S/C10H16FNO2/c1-14-9(13)6-10(11)4-7-2-3-8(5-10)12-7/h7-8,12H,2-6H2,1H3. The number of nitrogens with one attached hydrogen (secondary N) is 1. The molecule has 2 bridgehead atoms. The Hall–Kier alpha value is -0.640. The average molecular weight is 201 g/mol. The van der Waals surface area contributed by atoms with E-state index in [9.17, 15) is 9.18 Å². The van der Waals surface area contributed by atoms with E-state index in [0.717, 1.165) is 12.8 Å². The van der Waals surface area contributed by atoms with E-state index in [4.69, 9.17) is 0 Å². The highest BCUT2D eigenvalue weighted by atomic mass is 19.1. The number of carbonyl (C=O) groups is 1. The second-order valence-corrected chi connectivity index (χ2v) is 4.45. The van der Waals surface area contributed by atoms with Gasteiger partial charge in [0.25, 0.3) is 0 Å². The number of hydrogen-bond donors (Lipinski definition) is 1. The minimum absolute atomic E-state index is 0.0851. The predicted molar refractivity (Wildman–Crippen MR) is 49.7 cm³/mol. The fraction of sp³-hybridized carbons (Fsp3) is 0.900. The third-order valence-corrected chi connectivity index (χ3v) is 3.25. The molecule has 0 aromatic carbocycles. The highest BCUT2D eigenvalue weighted by Gasteiger charge is 2.45. The molecule has 0 amide bonds. The van der Waals surface area contributed by atoms with Crippen LogP contribution in [-0.4, -0.2) is 30.8 Å². The second kappa shape index (κ2) is 3.50. The SMILES string of the molecule is COC(=O)CC1(F)CC2CCC(C1)N2. The predicted octanol–water partition coefficient (Wildman–Crippen LogP) is 1.17. The van der Waals surface area contributed by atoms with Gasteiger partial charge in [0.2, 0.25) is 0 Å². The summed E-state index contributed by atoms with van der Waals surface area (Å²) >= 11 is 0. The Kier molecular flexibility index (Phi) is 2.47. The fourth-order valence-electron chi connectivity index (χ4n) is 2.67. The third-order valence-electron chi connectivity index (χ3n) is 3.25. The first-order chi connectivity index (χ1) is 6.61. The summed E-state index contributed by atoms with van der Waals surface area (Å²) < 4.78 is 18.7. The smallest absolute Gasteiger partial charge is 0.308 e. The summed E-state index contributed by atoms with van der Waals surface area (Å²) in [4.78, 5) is 11.0. The van der Waals surface area contributed by atoms with Crippen LogP contribution in [0.15, 0.2) is 0 Å². The molecule has 2 fully saturated rings. The fourth-order valence-corrected chi connectivity index (χ4v) is 2.67. The van der Waals surface area contributed by atoms with E-state index < -0.39 is 11.6 Å². The Morgan fingerprint density at radius 1 is 1.50 bits per heavy atom. The Bertz CT molecular complexity index is 232. The van der Waals surface area contributed by atoms with Crippen LogP contribution >= 0.6 is 0 Å². The van der Waals surface area contributed by atoms with Gasteiger partial charge in [0.05, 0.1) is 13.5 Å². The van der Waals surface area contributed by atoms with E-state index in [0.29, 0.717) is 12.8 Å². The molecule has 4 heteroatoms. The van der Waals surface area contributed by atoms with Crippen molar-refractivity contribution in [1.29, 1.82) is 0 Å². The Labute approximate surface area is 83.0 Å². The van der Waals surface area contributed by atoms with Crippen molar-refractivity contribution in [3.63, 3.8) is 0 Å². The van der Waals surface area contributed by atoms with Crippen molar-refractivity contribution < 1.29 is 13.9 Å². The van der Waals surface area contributed by atoms with Crippen LogP contribution in [0, 0.1) is 0 Å². The van der Waals surface area contributed by atoms with Gasteiger partial charge in [-0.2, -0.15) is 0 Å². The third kappa shape index (κ3) is 1.90. The number of rotatable bonds is 2. The zero-order valence-corrected chi connectivity index (χ0v) is 8.38. The van der Waals surface area contributed by atoms with Crippen LogP contribution in [0.25, 0.3) is 0 Å². The number of ether oxygens (including phenoxy) is 1. The maximum atomic E-state index is 14.2. The van der Waals surface area contributed by atoms with Gasteiger partial charge in [-0.25, -0.2) is 4.39 Å². The van der Waals surface area contributed by atoms with Crippen molar-refractivity contribution in [1.82, 2.24) is 5.32 Å². The summed E-state index contributed by atoms with van der Waals surface area (Å²) in [6.07, 6.45) is 2.91. The van der Waals surface area contributed by atoms with Gasteiger partial charge in [-0.3, -0.25) is 4.79 Å². The van der Waals surface area contributed by atoms with Gasteiger partial charge in [-0.15, -0.1) is 0 Å². The lowest BCUT2D eigenvalue weighted by molar-refractivity contribution is -0.144. The van der Waals surface area contributed by atoms with Crippen LogP contribution in [0.4, 0.5) is 4.39 Å². The summed E-state index contributed by atoms with van der Waals surface area (Å²) in [5, 5.41) is 3.34. The summed E-state index contributed by atoms with van der Waals surface area (Å²) in [6.45, 7) is 0. The zero-order chi connectivity index (χ0) is 10.2. The van der Waals surface area contributed by atoms with Crippen LogP contribution in [-0.2, 0) is 9.53 Å². The quantitative estimate of drug-likeness (QED) is 0.682. The first-order valence-electron chi connectivity index (χ1n) is 5.13. The molecule has 0 aromatic heterocycles. The molecular weight excluding hydrogens is 185 g/mol. The van der Waals surface area contributed by atoms with Gasteiger partial charge in [-0.1, -0.05) is 0 Å². The molecule has 80 valence electrons. The molecule has 2 aliphatic heterocycles. The molecule has 2 heterocycles. The highest BCUT2D eigenvalue weighted by Crippen LogP contribution is 2.38. The zero-order valence-electron chi connectivity index (χ0n) is 8.38. The molecule has 2 saturated heterocycles. The summed E-state index contributed by atoms with van der Waals surface area (Å²) in [6, 6.07) is 0.534. The van der Waals surface area contributed by atoms with Crippen molar-refractivity contribution in [2.24, 2.45) is 0 Å². The van der Waals surface area contributed by atoms with Crippen molar-refractivity contribution in [2.75, 3.05) is 7.11 Å². The molecule has 0 saturated carbocycles. The number of hydrogen-bond acceptors (Lipinski definition) is 3. The molecule has 3 nitrogen and oxygen atoms in total. The lowest BCUT2D eigenvalue weighted by Gasteiger charge is -2.34. The van der Waals surface area contributed by atoms with Gasteiger partial charge < -0.3 is 10.1 Å². The highest BCUT2D eigenvalue weighted by molar-refractivity contribution is 5.70. The first-order valence-corrected chi connectivity index (χ1v) is 5.13. The topological polar surface area (TPSA) is 38.3 Å². The summed E-state index contributed by atoms with van der Waals surface area (Å²) in [5.41, 5.74) is -1.33. The molecule has 0 spiro atoms. The molecular formula is C10H16FNO2. The van der Waals surface area contributed by atoms with E-state index >= 15 is 0 Å². The van der Waals surface area contributed by atoms with Gasteiger partial charge >= 0.3 is 5.97 Å². The van der Waals surface area contributed by atoms with Crippen LogP contribution in [0.1, 0.15) is 32.1 Å². The monoisotopic (exact) mass is 201 g/mol. The number of methoxy groups -OCH3 is 1. The second-order valence-electron chi connectivity index (χ2n) is 4.45. The van der Waals surface area contributed by atoms with Crippen LogP contribution < -0.4 is 5.32 Å². The maximum Gasteiger partial charge on any atom is 0.308 e. The number of fused-ring (bicyclic) bond motifs is 2. The number of esters is 1. The van der Waals surface area contributed by atoms with E-state index in [1.54, 1.807) is 0 Å². The lowest BCUT2D eigenvalue weighted by atomic mass is 9.86. The Morgan fingerprint density at radius 2 is 2.07 bits per heavy atom. The minimum Gasteiger partial charge on any atom is -0.469 e. The van der Waals surface area contributed by atoms with Gasteiger partial charge in [-0.05, 0) is 25.7 Å². The summed E-state index contributed by atoms with van der Waals surface area (Å²) in [5.74, 6) is -0.436. The van der Waals surface area contributed by atoms with Gasteiger partial charge in [0.15, 0.2) is 0 Å². The molecule has 14 heavy (non-hydrogen) atoms. The molecule has 0 aromatic rings. The molecule has 1 N–H and O–H groups in total. The van der Waals surface area contributed by atoms with E-state index in [2.05, 4.69) is 10.1 Å². The number of halogens is 1. The van der Waals surface area contributed by atoms with Crippen molar-refractivity contribution in [2.45, 2.75) is 49.9 Å². The van der Waals surface area contributed by atoms with E-state index in [-0.39, 0.29) is 18.5 Å². The number of alkyl halides is 1. The van der Waals surface area contributed by atoms with E-state index in [1.165, 1.54) is 7.11 Å².